The third-order valence-corrected chi connectivity index (χ3v) is 4.60. The van der Waals surface area contributed by atoms with Crippen molar-refractivity contribution in [2.45, 2.75) is 33.7 Å². The lowest BCUT2D eigenvalue weighted by atomic mass is 9.93. The van der Waals surface area contributed by atoms with Crippen LogP contribution in [0.3, 0.4) is 0 Å². The third-order valence-electron chi connectivity index (χ3n) is 4.38. The van der Waals surface area contributed by atoms with Crippen molar-refractivity contribution >= 4 is 29.0 Å². The molecule has 0 aliphatic heterocycles. The molecule has 2 aromatic rings. The normalized spacial score (nSPS) is 11.8. The molecule has 4 nitrogen and oxygen atoms in total. The van der Waals surface area contributed by atoms with E-state index in [0.29, 0.717) is 16.6 Å². The Labute approximate surface area is 161 Å². The zero-order chi connectivity index (χ0) is 19.3. The van der Waals surface area contributed by atoms with Crippen LogP contribution in [0.2, 0.25) is 0 Å². The number of thiocarbonyl (C=S) groups is 1. The second-order valence-corrected chi connectivity index (χ2v) is 7.11. The van der Waals surface area contributed by atoms with E-state index in [1.165, 1.54) is 18.2 Å². The van der Waals surface area contributed by atoms with E-state index in [-0.39, 0.29) is 12.0 Å². The molecule has 2 N–H and O–H groups in total. The lowest BCUT2D eigenvalue weighted by Crippen LogP contribution is -2.35. The molecule has 0 radical (unpaired) electrons. The Hall–Kier alpha value is -2.40. The molecule has 0 aliphatic carbocycles. The number of hydrogen-bond donors (Lipinski definition) is 2. The van der Waals surface area contributed by atoms with Gasteiger partial charge in [0.15, 0.2) is 5.11 Å². The van der Waals surface area contributed by atoms with E-state index in [2.05, 4.69) is 43.5 Å². The van der Waals surface area contributed by atoms with Crippen molar-refractivity contribution in [2.24, 2.45) is 5.92 Å². The van der Waals surface area contributed by atoms with Crippen molar-refractivity contribution in [1.29, 1.82) is 0 Å². The Balaban J connectivity index is 2.19. The molecule has 5 heteroatoms. The summed E-state index contributed by atoms with van der Waals surface area (Å²) in [4.78, 5) is 11.8. The number of carbonyl (C=O) groups excluding carboxylic acids is 1. The lowest BCUT2D eigenvalue weighted by molar-refractivity contribution is 0.0601. The fourth-order valence-corrected chi connectivity index (χ4v) is 3.08. The summed E-state index contributed by atoms with van der Waals surface area (Å²) in [5.41, 5.74) is 4.73. The minimum Gasteiger partial charge on any atom is -0.465 e. The average Bonchev–Trinajstić information content (AvgIpc) is 2.61. The van der Waals surface area contributed by atoms with Gasteiger partial charge in [-0.3, -0.25) is 0 Å². The van der Waals surface area contributed by atoms with Crippen LogP contribution in [0.5, 0.6) is 0 Å². The molecular formula is C21H26N2O2S. The maximum atomic E-state index is 11.8. The van der Waals surface area contributed by atoms with Crippen molar-refractivity contribution in [3.05, 3.63) is 64.7 Å². The molecular weight excluding hydrogens is 344 g/mol. The van der Waals surface area contributed by atoms with Crippen molar-refractivity contribution in [2.75, 3.05) is 12.4 Å². The molecule has 0 saturated carbocycles. The number of ether oxygens (including phenoxy) is 1. The Morgan fingerprint density at radius 1 is 1.08 bits per heavy atom. The lowest BCUT2D eigenvalue weighted by Gasteiger charge is -2.26. The van der Waals surface area contributed by atoms with Crippen molar-refractivity contribution in [3.8, 4) is 0 Å². The first kappa shape index (κ1) is 19.9. The predicted octanol–water partition coefficient (Wildman–Crippen LogP) is 4.77. The molecule has 0 spiro atoms. The molecule has 0 aromatic heterocycles. The fourth-order valence-electron chi connectivity index (χ4n) is 2.84. The highest BCUT2D eigenvalue weighted by atomic mass is 32.1. The van der Waals surface area contributed by atoms with E-state index in [9.17, 15) is 4.79 Å². The van der Waals surface area contributed by atoms with Gasteiger partial charge in [0.2, 0.25) is 0 Å². The Morgan fingerprint density at radius 3 is 2.38 bits per heavy atom. The Morgan fingerprint density at radius 2 is 1.77 bits per heavy atom. The molecule has 0 saturated heterocycles. The van der Waals surface area contributed by atoms with Gasteiger partial charge in [-0.15, -0.1) is 0 Å². The number of methoxy groups -OCH3 is 1. The van der Waals surface area contributed by atoms with E-state index in [1.807, 2.05) is 25.1 Å². The molecule has 0 heterocycles. The highest BCUT2D eigenvalue weighted by Crippen LogP contribution is 2.25. The molecule has 0 fully saturated rings. The topological polar surface area (TPSA) is 50.4 Å². The van der Waals surface area contributed by atoms with Gasteiger partial charge in [-0.05, 0) is 60.8 Å². The van der Waals surface area contributed by atoms with Gasteiger partial charge in [-0.1, -0.05) is 44.2 Å². The number of esters is 1. The number of rotatable bonds is 5. The summed E-state index contributed by atoms with van der Waals surface area (Å²) < 4.78 is 4.79. The van der Waals surface area contributed by atoms with E-state index >= 15 is 0 Å². The fraction of sp³-hybridized carbons (Fsp3) is 0.333. The van der Waals surface area contributed by atoms with Gasteiger partial charge >= 0.3 is 5.97 Å². The summed E-state index contributed by atoms with van der Waals surface area (Å²) >= 11 is 5.53. The van der Waals surface area contributed by atoms with Crippen LogP contribution >= 0.6 is 12.2 Å². The van der Waals surface area contributed by atoms with Crippen LogP contribution in [0.15, 0.2) is 42.5 Å². The first-order valence-electron chi connectivity index (χ1n) is 8.65. The van der Waals surface area contributed by atoms with Gasteiger partial charge in [0.1, 0.15) is 0 Å². The van der Waals surface area contributed by atoms with Crippen LogP contribution < -0.4 is 10.6 Å². The minimum absolute atomic E-state index is 0.0975. The largest absolute Gasteiger partial charge is 0.465 e. The van der Waals surface area contributed by atoms with Gasteiger partial charge in [-0.2, -0.15) is 0 Å². The summed E-state index contributed by atoms with van der Waals surface area (Å²) in [6.45, 7) is 8.39. The Bertz CT molecular complexity index is 802. The molecule has 1 atom stereocenters. The highest BCUT2D eigenvalue weighted by molar-refractivity contribution is 7.80. The number of carbonyl (C=O) groups is 1. The smallest absolute Gasteiger partial charge is 0.337 e. The second kappa shape index (κ2) is 8.81. The standard InChI is InChI=1S/C21H26N2O2S/c1-13(2)19(17-9-7-6-8-14(17)3)23-21(26)22-18-12-16(20(24)25-5)11-10-15(18)4/h6-13,19H,1-5H3,(H2,22,23,26). The zero-order valence-corrected chi connectivity index (χ0v) is 16.7. The highest BCUT2D eigenvalue weighted by Gasteiger charge is 2.19. The number of aryl methyl sites for hydroxylation is 2. The van der Waals surface area contributed by atoms with Crippen LogP contribution in [0.4, 0.5) is 5.69 Å². The number of benzene rings is 2. The second-order valence-electron chi connectivity index (χ2n) is 6.70. The molecule has 0 aliphatic rings. The number of anilines is 1. The van der Waals surface area contributed by atoms with E-state index < -0.39 is 0 Å². The maximum Gasteiger partial charge on any atom is 0.337 e. The van der Waals surface area contributed by atoms with Crippen molar-refractivity contribution in [3.63, 3.8) is 0 Å². The quantitative estimate of drug-likeness (QED) is 0.586. The first-order valence-corrected chi connectivity index (χ1v) is 9.06. The summed E-state index contributed by atoms with van der Waals surface area (Å²) in [5.74, 6) is -0.00903. The van der Waals surface area contributed by atoms with E-state index in [0.717, 1.165) is 11.3 Å². The summed E-state index contributed by atoms with van der Waals surface area (Å²) in [6, 6.07) is 13.8. The molecule has 2 aromatic carbocycles. The SMILES string of the molecule is COC(=O)c1ccc(C)c(NC(=S)NC(c2ccccc2C)C(C)C)c1. The molecule has 0 amide bonds. The van der Waals surface area contributed by atoms with Gasteiger partial charge in [0.05, 0.1) is 18.7 Å². The molecule has 2 rings (SSSR count). The van der Waals surface area contributed by atoms with Crippen LogP contribution in [-0.2, 0) is 4.74 Å². The van der Waals surface area contributed by atoms with Gasteiger partial charge < -0.3 is 15.4 Å². The summed E-state index contributed by atoms with van der Waals surface area (Å²) in [6.07, 6.45) is 0. The van der Waals surface area contributed by atoms with E-state index in [4.69, 9.17) is 17.0 Å². The van der Waals surface area contributed by atoms with Crippen molar-refractivity contribution in [1.82, 2.24) is 5.32 Å². The average molecular weight is 371 g/mol. The molecule has 0 bridgehead atoms. The summed E-state index contributed by atoms with van der Waals surface area (Å²) in [5, 5.41) is 7.16. The number of hydrogen-bond acceptors (Lipinski definition) is 3. The van der Waals surface area contributed by atoms with Crippen LogP contribution in [0, 0.1) is 19.8 Å². The van der Waals surface area contributed by atoms with Crippen LogP contribution in [0.1, 0.15) is 46.9 Å². The van der Waals surface area contributed by atoms with Crippen LogP contribution in [0.25, 0.3) is 0 Å². The Kier molecular flexibility index (Phi) is 6.75. The molecule has 138 valence electrons. The molecule has 26 heavy (non-hydrogen) atoms. The van der Waals surface area contributed by atoms with Gasteiger partial charge in [0.25, 0.3) is 0 Å². The maximum absolute atomic E-state index is 11.8. The molecule has 1 unspecified atom stereocenters. The van der Waals surface area contributed by atoms with Crippen molar-refractivity contribution < 1.29 is 9.53 Å². The van der Waals surface area contributed by atoms with E-state index in [1.54, 1.807) is 12.1 Å². The summed E-state index contributed by atoms with van der Waals surface area (Å²) in [7, 11) is 1.37. The van der Waals surface area contributed by atoms with Crippen LogP contribution in [-0.4, -0.2) is 18.2 Å². The zero-order valence-electron chi connectivity index (χ0n) is 15.9. The third kappa shape index (κ3) is 4.82. The first-order chi connectivity index (χ1) is 12.3. The minimum atomic E-state index is -0.369. The predicted molar refractivity (Wildman–Crippen MR) is 111 cm³/mol. The number of nitrogens with one attached hydrogen (secondary N) is 2. The monoisotopic (exact) mass is 370 g/mol. The van der Waals surface area contributed by atoms with Gasteiger partial charge in [-0.25, -0.2) is 4.79 Å². The van der Waals surface area contributed by atoms with Gasteiger partial charge in [0, 0.05) is 5.69 Å².